The topological polar surface area (TPSA) is 17.1 Å². The minimum Gasteiger partial charge on any atom is -0.275 e. The molecule has 0 aromatic heterocycles. The molecule has 0 saturated carbocycles. The number of benzene rings is 1. The van der Waals surface area contributed by atoms with Crippen molar-refractivity contribution in [3.05, 3.63) is 35.4 Å². The highest BCUT2D eigenvalue weighted by molar-refractivity contribution is 7.22. The maximum Gasteiger partial charge on any atom is 0.160 e. The summed E-state index contributed by atoms with van der Waals surface area (Å²) in [4.78, 5) is 0. The zero-order valence-corrected chi connectivity index (χ0v) is 6.77. The predicted molar refractivity (Wildman–Crippen MR) is 42.5 cm³/mol. The molecule has 0 N–H and O–H groups in total. The summed E-state index contributed by atoms with van der Waals surface area (Å²) in [6.45, 7) is 2.03. The van der Waals surface area contributed by atoms with E-state index in [1.165, 1.54) is 5.56 Å². The molecular formula is C8H9OP. The molecule has 0 aliphatic rings. The van der Waals surface area contributed by atoms with Gasteiger partial charge in [-0.2, -0.15) is 0 Å². The molecule has 1 rings (SSSR count). The molecule has 1 aromatic carbocycles. The van der Waals surface area contributed by atoms with E-state index in [2.05, 4.69) is 0 Å². The molecule has 0 aliphatic heterocycles. The summed E-state index contributed by atoms with van der Waals surface area (Å²) >= 11 is 0. The molecule has 0 aliphatic carbocycles. The highest BCUT2D eigenvalue weighted by Gasteiger charge is 1.90. The van der Waals surface area contributed by atoms with Crippen molar-refractivity contribution in [3.63, 3.8) is 0 Å². The van der Waals surface area contributed by atoms with Crippen LogP contribution >= 0.6 is 8.46 Å². The van der Waals surface area contributed by atoms with Crippen molar-refractivity contribution in [2.45, 2.75) is 13.1 Å². The number of hydrogen-bond acceptors (Lipinski definition) is 1. The maximum absolute atomic E-state index is 10.2. The Balaban J connectivity index is 2.84. The number of hydrogen-bond donors (Lipinski definition) is 0. The van der Waals surface area contributed by atoms with Crippen molar-refractivity contribution >= 4 is 8.46 Å². The SMILES string of the molecule is Cc1cccc(CP=O)c1. The fourth-order valence-corrected chi connectivity index (χ4v) is 1.23. The first kappa shape index (κ1) is 7.43. The second-order valence-electron chi connectivity index (χ2n) is 2.28. The van der Waals surface area contributed by atoms with Gasteiger partial charge in [-0.05, 0) is 12.5 Å². The van der Waals surface area contributed by atoms with Crippen molar-refractivity contribution < 1.29 is 4.57 Å². The van der Waals surface area contributed by atoms with Crippen LogP contribution in [0.3, 0.4) is 0 Å². The normalized spacial score (nSPS) is 10.1. The molecule has 52 valence electrons. The predicted octanol–water partition coefficient (Wildman–Crippen LogP) is 2.79. The van der Waals surface area contributed by atoms with Gasteiger partial charge in [-0.1, -0.05) is 29.8 Å². The molecule has 0 spiro atoms. The molecule has 0 atom stereocenters. The lowest BCUT2D eigenvalue weighted by molar-refractivity contribution is 0.598. The van der Waals surface area contributed by atoms with Gasteiger partial charge in [-0.3, -0.25) is 4.57 Å². The van der Waals surface area contributed by atoms with Crippen LogP contribution in [0.4, 0.5) is 0 Å². The van der Waals surface area contributed by atoms with Crippen LogP contribution in [0.2, 0.25) is 0 Å². The lowest BCUT2D eigenvalue weighted by atomic mass is 10.2. The van der Waals surface area contributed by atoms with Crippen LogP contribution in [0, 0.1) is 6.92 Å². The zero-order valence-electron chi connectivity index (χ0n) is 5.87. The maximum atomic E-state index is 10.2. The molecule has 1 aromatic rings. The van der Waals surface area contributed by atoms with Gasteiger partial charge in [0.25, 0.3) is 0 Å². The van der Waals surface area contributed by atoms with Gasteiger partial charge in [-0.25, -0.2) is 0 Å². The standard InChI is InChI=1S/C8H9OP/c1-7-3-2-4-8(5-7)6-10-9/h2-5H,6H2,1H3. The van der Waals surface area contributed by atoms with Gasteiger partial charge >= 0.3 is 0 Å². The monoisotopic (exact) mass is 152 g/mol. The molecule has 0 radical (unpaired) electrons. The molecule has 1 nitrogen and oxygen atoms in total. The summed E-state index contributed by atoms with van der Waals surface area (Å²) in [5, 5.41) is 0. The van der Waals surface area contributed by atoms with Gasteiger partial charge < -0.3 is 0 Å². The Morgan fingerprint density at radius 3 is 2.90 bits per heavy atom. The number of aryl methyl sites for hydroxylation is 1. The largest absolute Gasteiger partial charge is 0.275 e. The van der Waals surface area contributed by atoms with E-state index in [0.717, 1.165) is 5.56 Å². The molecule has 0 unspecified atom stereocenters. The number of rotatable bonds is 2. The van der Waals surface area contributed by atoms with Crippen molar-refractivity contribution in [2.24, 2.45) is 0 Å². The van der Waals surface area contributed by atoms with Crippen molar-refractivity contribution in [1.82, 2.24) is 0 Å². The van der Waals surface area contributed by atoms with Crippen molar-refractivity contribution in [2.75, 3.05) is 0 Å². The Labute approximate surface area is 62.3 Å². The molecule has 10 heavy (non-hydrogen) atoms. The third-order valence-corrected chi connectivity index (χ3v) is 1.82. The van der Waals surface area contributed by atoms with E-state index < -0.39 is 0 Å². The van der Waals surface area contributed by atoms with E-state index in [4.69, 9.17) is 0 Å². The fraction of sp³-hybridized carbons (Fsp3) is 0.250. The van der Waals surface area contributed by atoms with Crippen LogP contribution in [0.15, 0.2) is 24.3 Å². The average Bonchev–Trinajstić information content (AvgIpc) is 1.88. The van der Waals surface area contributed by atoms with E-state index in [1.54, 1.807) is 0 Å². The summed E-state index contributed by atoms with van der Waals surface area (Å²) in [5.74, 6) is 0. The summed E-state index contributed by atoms with van der Waals surface area (Å²) in [5.41, 5.74) is 2.36. The van der Waals surface area contributed by atoms with Crippen molar-refractivity contribution in [1.29, 1.82) is 0 Å². The van der Waals surface area contributed by atoms with Crippen LogP contribution in [-0.4, -0.2) is 0 Å². The molecule has 0 amide bonds. The van der Waals surface area contributed by atoms with Crippen LogP contribution in [0.25, 0.3) is 0 Å². The fourth-order valence-electron chi connectivity index (χ4n) is 0.885. The minimum absolute atomic E-state index is 0.198. The van der Waals surface area contributed by atoms with Crippen LogP contribution in [0.5, 0.6) is 0 Å². The molecule has 0 saturated heterocycles. The zero-order chi connectivity index (χ0) is 7.40. The summed E-state index contributed by atoms with van der Waals surface area (Å²) in [6.07, 6.45) is 0.627. The first-order valence-corrected chi connectivity index (χ1v) is 4.17. The van der Waals surface area contributed by atoms with Gasteiger partial charge in [0.1, 0.15) is 0 Å². The lowest BCUT2D eigenvalue weighted by Gasteiger charge is -1.94. The van der Waals surface area contributed by atoms with Gasteiger partial charge in [0.05, 0.1) is 6.16 Å². The molecule has 2 heteroatoms. The minimum atomic E-state index is 0.198. The van der Waals surface area contributed by atoms with E-state index in [1.807, 2.05) is 31.2 Å². The van der Waals surface area contributed by atoms with Gasteiger partial charge in [0, 0.05) is 0 Å². The second kappa shape index (κ2) is 3.48. The van der Waals surface area contributed by atoms with Crippen molar-refractivity contribution in [3.8, 4) is 0 Å². The van der Waals surface area contributed by atoms with E-state index >= 15 is 0 Å². The Kier molecular flexibility index (Phi) is 2.58. The van der Waals surface area contributed by atoms with Crippen LogP contribution < -0.4 is 0 Å². The van der Waals surface area contributed by atoms with E-state index in [0.29, 0.717) is 6.16 Å². The Bertz CT molecular complexity index is 232. The molecular weight excluding hydrogens is 143 g/mol. The van der Waals surface area contributed by atoms with E-state index in [-0.39, 0.29) is 8.46 Å². The van der Waals surface area contributed by atoms with Crippen LogP contribution in [-0.2, 0) is 10.7 Å². The van der Waals surface area contributed by atoms with Crippen LogP contribution in [0.1, 0.15) is 11.1 Å². The van der Waals surface area contributed by atoms with Gasteiger partial charge in [-0.15, -0.1) is 0 Å². The summed E-state index contributed by atoms with van der Waals surface area (Å²) in [7, 11) is 0.198. The smallest absolute Gasteiger partial charge is 0.160 e. The van der Waals surface area contributed by atoms with E-state index in [9.17, 15) is 4.57 Å². The van der Waals surface area contributed by atoms with Gasteiger partial charge in [0.15, 0.2) is 8.46 Å². The molecule has 0 bridgehead atoms. The lowest BCUT2D eigenvalue weighted by Crippen LogP contribution is -1.77. The summed E-state index contributed by atoms with van der Waals surface area (Å²) in [6, 6.07) is 8.05. The second-order valence-corrected chi connectivity index (χ2v) is 2.85. The first-order valence-electron chi connectivity index (χ1n) is 3.17. The highest BCUT2D eigenvalue weighted by Crippen LogP contribution is 2.09. The first-order chi connectivity index (χ1) is 4.83. The molecule has 0 fully saturated rings. The quantitative estimate of drug-likeness (QED) is 0.595. The third kappa shape index (κ3) is 1.93. The Hall–Kier alpha value is -0.680. The van der Waals surface area contributed by atoms with Gasteiger partial charge in [0.2, 0.25) is 0 Å². The Morgan fingerprint density at radius 1 is 1.50 bits per heavy atom. The third-order valence-electron chi connectivity index (χ3n) is 1.33. The Morgan fingerprint density at radius 2 is 2.30 bits per heavy atom. The highest BCUT2D eigenvalue weighted by atomic mass is 31.1. The molecule has 0 heterocycles. The average molecular weight is 152 g/mol. The summed E-state index contributed by atoms with van der Waals surface area (Å²) < 4.78 is 10.2.